The monoisotopic (exact) mass is 291 g/mol. The summed E-state index contributed by atoms with van der Waals surface area (Å²) in [7, 11) is 0. The number of aliphatic imine (C=N–C) groups is 3. The first kappa shape index (κ1) is 15.0. The minimum atomic E-state index is 0.364. The maximum atomic E-state index is 10.5. The van der Waals surface area contributed by atoms with Gasteiger partial charge in [0.2, 0.25) is 18.2 Å². The van der Waals surface area contributed by atoms with Crippen molar-refractivity contribution in [3.8, 4) is 0 Å². The minimum absolute atomic E-state index is 0.364. The van der Waals surface area contributed by atoms with E-state index in [1.807, 2.05) is 12.1 Å². The Hall–Kier alpha value is -3.42. The first-order valence-electron chi connectivity index (χ1n) is 6.22. The second kappa shape index (κ2) is 7.39. The third kappa shape index (κ3) is 3.79. The van der Waals surface area contributed by atoms with Gasteiger partial charge in [0.25, 0.3) is 0 Å². The van der Waals surface area contributed by atoms with Crippen molar-refractivity contribution in [3.05, 3.63) is 53.6 Å². The smallest absolute Gasteiger partial charge is 0.211 e. The van der Waals surface area contributed by atoms with Gasteiger partial charge in [-0.05, 0) is 41.8 Å². The molecule has 0 amide bonds. The summed E-state index contributed by atoms with van der Waals surface area (Å²) in [6.45, 7) is 0. The summed E-state index contributed by atoms with van der Waals surface area (Å²) in [6, 6.07) is 11.9. The fraction of sp³-hybridized carbons (Fsp3) is 0.0625. The van der Waals surface area contributed by atoms with Gasteiger partial charge in [0.05, 0.1) is 17.1 Å². The Morgan fingerprint density at radius 1 is 0.727 bits per heavy atom. The minimum Gasteiger partial charge on any atom is -0.211 e. The summed E-state index contributed by atoms with van der Waals surface area (Å²) in [5, 5.41) is 0. The van der Waals surface area contributed by atoms with Gasteiger partial charge in [-0.1, -0.05) is 18.2 Å². The van der Waals surface area contributed by atoms with E-state index < -0.39 is 0 Å². The van der Waals surface area contributed by atoms with Crippen LogP contribution in [0.5, 0.6) is 0 Å². The summed E-state index contributed by atoms with van der Waals surface area (Å²) < 4.78 is 0. The number of nitrogens with zero attached hydrogens (tertiary/aromatic N) is 3. The van der Waals surface area contributed by atoms with Gasteiger partial charge in [0.15, 0.2) is 0 Å². The first-order valence-corrected chi connectivity index (χ1v) is 6.22. The van der Waals surface area contributed by atoms with Crippen LogP contribution in [0.2, 0.25) is 0 Å². The molecule has 0 aromatic heterocycles. The highest BCUT2D eigenvalue weighted by atomic mass is 16.1. The van der Waals surface area contributed by atoms with Crippen LogP contribution >= 0.6 is 0 Å². The van der Waals surface area contributed by atoms with E-state index >= 15 is 0 Å². The Kier molecular flexibility index (Phi) is 5.03. The van der Waals surface area contributed by atoms with Crippen LogP contribution in [0.4, 0.5) is 17.1 Å². The molecule has 0 aliphatic carbocycles. The van der Waals surface area contributed by atoms with E-state index in [0.717, 1.165) is 11.1 Å². The van der Waals surface area contributed by atoms with Gasteiger partial charge in [0, 0.05) is 0 Å². The second-order valence-electron chi connectivity index (χ2n) is 4.27. The number of hydrogen-bond donors (Lipinski definition) is 0. The Morgan fingerprint density at radius 3 is 1.95 bits per heavy atom. The quantitative estimate of drug-likeness (QED) is 0.626. The van der Waals surface area contributed by atoms with Crippen molar-refractivity contribution in [3.63, 3.8) is 0 Å². The van der Waals surface area contributed by atoms with Crippen molar-refractivity contribution in [2.24, 2.45) is 15.0 Å². The lowest BCUT2D eigenvalue weighted by Gasteiger charge is -2.06. The largest absolute Gasteiger partial charge is 0.240 e. The Labute approximate surface area is 125 Å². The molecule has 6 heteroatoms. The zero-order valence-corrected chi connectivity index (χ0v) is 11.3. The Morgan fingerprint density at radius 2 is 1.32 bits per heavy atom. The molecule has 0 saturated carbocycles. The fourth-order valence-corrected chi connectivity index (χ4v) is 1.94. The van der Waals surface area contributed by atoms with Crippen LogP contribution in [0.1, 0.15) is 11.1 Å². The standard InChI is InChI=1S/C16H9N3O3/c20-9-17-14-4-1-12(2-5-14)7-13-3-6-15(18-10-21)8-16(13)19-11-22/h1-6,8H,7H2. The van der Waals surface area contributed by atoms with Crippen LogP contribution in [-0.2, 0) is 20.8 Å². The number of hydrogen-bond acceptors (Lipinski definition) is 6. The molecule has 0 atom stereocenters. The molecule has 6 nitrogen and oxygen atoms in total. The summed E-state index contributed by atoms with van der Waals surface area (Å²) in [5.41, 5.74) is 2.99. The van der Waals surface area contributed by atoms with Gasteiger partial charge < -0.3 is 0 Å². The van der Waals surface area contributed by atoms with E-state index in [-0.39, 0.29) is 0 Å². The maximum Gasteiger partial charge on any atom is 0.240 e. The summed E-state index contributed by atoms with van der Waals surface area (Å²) in [4.78, 5) is 41.6. The molecular weight excluding hydrogens is 282 g/mol. The van der Waals surface area contributed by atoms with E-state index in [2.05, 4.69) is 15.0 Å². The Balaban J connectivity index is 2.33. The summed E-state index contributed by atoms with van der Waals surface area (Å²) >= 11 is 0. The molecule has 0 radical (unpaired) electrons. The van der Waals surface area contributed by atoms with Crippen molar-refractivity contribution in [2.45, 2.75) is 6.42 Å². The maximum absolute atomic E-state index is 10.5. The molecular formula is C16H9N3O3. The molecule has 2 rings (SSSR count). The molecule has 0 fully saturated rings. The SMILES string of the molecule is O=C=Nc1ccc(Cc2ccc(N=C=O)cc2N=C=O)cc1. The van der Waals surface area contributed by atoms with Gasteiger partial charge in [-0.25, -0.2) is 14.4 Å². The van der Waals surface area contributed by atoms with Crippen molar-refractivity contribution in [1.82, 2.24) is 0 Å². The van der Waals surface area contributed by atoms with E-state index in [1.54, 1.807) is 24.3 Å². The van der Waals surface area contributed by atoms with Gasteiger partial charge >= 0.3 is 0 Å². The van der Waals surface area contributed by atoms with Crippen LogP contribution in [-0.4, -0.2) is 18.2 Å². The molecule has 0 unspecified atom stereocenters. The van der Waals surface area contributed by atoms with Gasteiger partial charge in [-0.2, -0.15) is 15.0 Å². The summed E-state index contributed by atoms with van der Waals surface area (Å²) in [6.07, 6.45) is 4.90. The van der Waals surface area contributed by atoms with Gasteiger partial charge in [-0.3, -0.25) is 0 Å². The topological polar surface area (TPSA) is 88.3 Å². The molecule has 22 heavy (non-hydrogen) atoms. The van der Waals surface area contributed by atoms with Crippen LogP contribution in [0.25, 0.3) is 0 Å². The van der Waals surface area contributed by atoms with Crippen LogP contribution in [0, 0.1) is 0 Å². The predicted molar refractivity (Wildman–Crippen MR) is 79.0 cm³/mol. The average molecular weight is 291 g/mol. The molecule has 0 aliphatic heterocycles. The zero-order chi connectivity index (χ0) is 15.8. The fourth-order valence-electron chi connectivity index (χ4n) is 1.94. The van der Waals surface area contributed by atoms with Crippen molar-refractivity contribution < 1.29 is 14.4 Å². The highest BCUT2D eigenvalue weighted by Crippen LogP contribution is 2.27. The van der Waals surface area contributed by atoms with E-state index in [9.17, 15) is 14.4 Å². The van der Waals surface area contributed by atoms with Crippen molar-refractivity contribution in [1.29, 1.82) is 0 Å². The number of benzene rings is 2. The first-order chi connectivity index (χ1) is 10.8. The molecule has 2 aromatic rings. The predicted octanol–water partition coefficient (Wildman–Crippen LogP) is 3.18. The Bertz CT molecular complexity index is 824. The van der Waals surface area contributed by atoms with E-state index in [0.29, 0.717) is 23.5 Å². The lowest BCUT2D eigenvalue weighted by atomic mass is 10.0. The molecule has 0 aliphatic rings. The second-order valence-corrected chi connectivity index (χ2v) is 4.27. The van der Waals surface area contributed by atoms with Gasteiger partial charge in [0.1, 0.15) is 0 Å². The van der Waals surface area contributed by atoms with Crippen LogP contribution < -0.4 is 0 Å². The van der Waals surface area contributed by atoms with Crippen LogP contribution in [0.3, 0.4) is 0 Å². The number of rotatable bonds is 5. The normalized spacial score (nSPS) is 9.09. The summed E-state index contributed by atoms with van der Waals surface area (Å²) in [5.74, 6) is 0. The molecule has 0 spiro atoms. The van der Waals surface area contributed by atoms with Gasteiger partial charge in [-0.15, -0.1) is 0 Å². The lowest BCUT2D eigenvalue weighted by Crippen LogP contribution is -1.88. The number of isocyanates is 3. The molecule has 0 bridgehead atoms. The third-order valence-corrected chi connectivity index (χ3v) is 2.92. The highest BCUT2D eigenvalue weighted by Gasteiger charge is 2.05. The van der Waals surface area contributed by atoms with Crippen molar-refractivity contribution >= 4 is 35.3 Å². The lowest BCUT2D eigenvalue weighted by molar-refractivity contribution is 0.564. The number of carbonyl (C=O) groups excluding carboxylic acids is 3. The molecule has 106 valence electrons. The van der Waals surface area contributed by atoms with Crippen molar-refractivity contribution in [2.75, 3.05) is 0 Å². The third-order valence-electron chi connectivity index (χ3n) is 2.92. The van der Waals surface area contributed by atoms with Crippen LogP contribution in [0.15, 0.2) is 57.4 Å². The highest BCUT2D eigenvalue weighted by molar-refractivity contribution is 5.63. The molecule has 0 heterocycles. The van der Waals surface area contributed by atoms with E-state index in [4.69, 9.17) is 0 Å². The molecule has 0 saturated heterocycles. The molecule has 0 N–H and O–H groups in total. The average Bonchev–Trinajstić information content (AvgIpc) is 2.52. The van der Waals surface area contributed by atoms with E-state index in [1.165, 1.54) is 24.3 Å². The molecule has 2 aromatic carbocycles. The zero-order valence-electron chi connectivity index (χ0n) is 11.3.